The molecule has 1 fully saturated rings. The Hall–Kier alpha value is -3.35. The van der Waals surface area contributed by atoms with E-state index in [1.165, 1.54) is 28.8 Å². The lowest BCUT2D eigenvalue weighted by Crippen LogP contribution is -2.48. The molecule has 0 spiro atoms. The lowest BCUT2D eigenvalue weighted by Gasteiger charge is -2.32. The van der Waals surface area contributed by atoms with Crippen LogP contribution in [0.4, 0.5) is 11.4 Å². The number of piperazine rings is 1. The van der Waals surface area contributed by atoms with Gasteiger partial charge in [-0.2, -0.15) is 4.31 Å². The van der Waals surface area contributed by atoms with Crippen LogP contribution in [0.2, 0.25) is 0 Å². The van der Waals surface area contributed by atoms with Crippen molar-refractivity contribution in [3.63, 3.8) is 0 Å². The molecule has 3 aromatic rings. The van der Waals surface area contributed by atoms with E-state index >= 15 is 0 Å². The van der Waals surface area contributed by atoms with Crippen LogP contribution >= 0.6 is 0 Å². The fourth-order valence-electron chi connectivity index (χ4n) is 4.17. The number of para-hydroxylation sites is 1. The van der Waals surface area contributed by atoms with Gasteiger partial charge in [-0.15, -0.1) is 0 Å². The third-order valence-corrected chi connectivity index (χ3v) is 7.22. The van der Waals surface area contributed by atoms with Crippen molar-refractivity contribution in [3.05, 3.63) is 64.0 Å². The summed E-state index contributed by atoms with van der Waals surface area (Å²) in [5.41, 5.74) is 1.84. The predicted octanol–water partition coefficient (Wildman–Crippen LogP) is 2.29. The molecular formula is C22H26N6O5S. The zero-order chi connectivity index (χ0) is 24.5. The Bertz CT molecular complexity index is 1350. The van der Waals surface area contributed by atoms with Crippen LogP contribution in [-0.4, -0.2) is 70.4 Å². The van der Waals surface area contributed by atoms with E-state index in [2.05, 4.69) is 14.8 Å². The van der Waals surface area contributed by atoms with Crippen molar-refractivity contribution in [1.82, 2.24) is 18.8 Å². The number of anilines is 1. The van der Waals surface area contributed by atoms with Gasteiger partial charge in [0.05, 0.1) is 28.8 Å². The molecule has 1 N–H and O–H groups in total. The van der Waals surface area contributed by atoms with Gasteiger partial charge in [0.25, 0.3) is 11.6 Å². The summed E-state index contributed by atoms with van der Waals surface area (Å²) in [5.74, 6) is 0.290. The molecule has 2 aromatic carbocycles. The van der Waals surface area contributed by atoms with Crippen molar-refractivity contribution in [2.24, 2.45) is 0 Å². The smallest absolute Gasteiger partial charge is 0.282 e. The summed E-state index contributed by atoms with van der Waals surface area (Å²) in [4.78, 5) is 30.3. The Morgan fingerprint density at radius 2 is 1.85 bits per heavy atom. The van der Waals surface area contributed by atoms with Crippen molar-refractivity contribution >= 4 is 38.3 Å². The minimum Gasteiger partial charge on any atom is -0.327 e. The molecule has 11 nitrogen and oxygen atoms in total. The second kappa shape index (κ2) is 9.49. The van der Waals surface area contributed by atoms with Crippen LogP contribution in [0.25, 0.3) is 11.0 Å². The number of imidazole rings is 1. The summed E-state index contributed by atoms with van der Waals surface area (Å²) in [6, 6.07) is 11.2. The second-order valence-electron chi connectivity index (χ2n) is 8.14. The molecule has 1 aliphatic rings. The fraction of sp³-hybridized carbons (Fsp3) is 0.364. The van der Waals surface area contributed by atoms with Crippen molar-refractivity contribution in [1.29, 1.82) is 0 Å². The number of nitrogens with zero attached hydrogens (tertiary/aromatic N) is 5. The molecule has 12 heteroatoms. The van der Waals surface area contributed by atoms with Gasteiger partial charge in [-0.3, -0.25) is 19.8 Å². The number of rotatable bonds is 7. The summed E-state index contributed by atoms with van der Waals surface area (Å²) in [6.07, 6.45) is 1.23. The quantitative estimate of drug-likeness (QED) is 0.400. The Morgan fingerprint density at radius 1 is 1.15 bits per heavy atom. The topological polar surface area (TPSA) is 131 Å². The number of benzene rings is 2. The Kier molecular flexibility index (Phi) is 6.64. The average molecular weight is 487 g/mol. The Labute approximate surface area is 197 Å². The molecule has 1 saturated heterocycles. The van der Waals surface area contributed by atoms with Crippen molar-refractivity contribution < 1.29 is 18.1 Å². The van der Waals surface area contributed by atoms with Gasteiger partial charge < -0.3 is 9.88 Å². The minimum absolute atomic E-state index is 0.0133. The number of nitrogens with one attached hydrogen (secondary N) is 1. The lowest BCUT2D eigenvalue weighted by atomic mass is 10.1. The van der Waals surface area contributed by atoms with Crippen LogP contribution in [0.5, 0.6) is 0 Å². The lowest BCUT2D eigenvalue weighted by molar-refractivity contribution is -0.385. The molecule has 1 amide bonds. The molecular weight excluding hydrogens is 460 g/mol. The zero-order valence-corrected chi connectivity index (χ0v) is 19.8. The van der Waals surface area contributed by atoms with E-state index in [-0.39, 0.29) is 11.3 Å². The van der Waals surface area contributed by atoms with Gasteiger partial charge in [-0.05, 0) is 31.2 Å². The SMILES string of the molecule is CCn1c(CN2CCN(S(C)(=O)=O)CC2)nc2cc(NC(=O)c3ccccc3[N+](=O)[O-])ccc21. The van der Waals surface area contributed by atoms with Gasteiger partial charge in [0.15, 0.2) is 0 Å². The van der Waals surface area contributed by atoms with Crippen LogP contribution in [-0.2, 0) is 23.1 Å². The number of nitro benzene ring substituents is 1. The number of hydrogen-bond acceptors (Lipinski definition) is 7. The summed E-state index contributed by atoms with van der Waals surface area (Å²) < 4.78 is 27.1. The molecule has 0 bridgehead atoms. The maximum atomic E-state index is 12.7. The van der Waals surface area contributed by atoms with Crippen LogP contribution in [0.1, 0.15) is 23.1 Å². The van der Waals surface area contributed by atoms with E-state index in [0.717, 1.165) is 11.3 Å². The number of sulfonamides is 1. The Morgan fingerprint density at radius 3 is 2.50 bits per heavy atom. The van der Waals surface area contributed by atoms with E-state index in [1.54, 1.807) is 18.2 Å². The molecule has 0 saturated carbocycles. The molecule has 2 heterocycles. The maximum Gasteiger partial charge on any atom is 0.282 e. The van der Waals surface area contributed by atoms with Crippen LogP contribution in [0.3, 0.4) is 0 Å². The monoisotopic (exact) mass is 486 g/mol. The standard InChI is InChI=1S/C22H26N6O5S/c1-3-27-20-9-8-16(23-22(29)17-6-4-5-7-19(17)28(30)31)14-18(20)24-21(27)15-25-10-12-26(13-11-25)34(2,32)33/h4-9,14H,3,10-13,15H2,1-2H3,(H,23,29). The second-order valence-corrected chi connectivity index (χ2v) is 10.1. The van der Waals surface area contributed by atoms with Gasteiger partial charge in [-0.25, -0.2) is 13.4 Å². The Balaban J connectivity index is 1.53. The van der Waals surface area contributed by atoms with Crippen LogP contribution < -0.4 is 5.32 Å². The number of amides is 1. The van der Waals surface area contributed by atoms with Gasteiger partial charge in [0.1, 0.15) is 11.4 Å². The van der Waals surface area contributed by atoms with Crippen LogP contribution in [0.15, 0.2) is 42.5 Å². The van der Waals surface area contributed by atoms with E-state index in [1.807, 2.05) is 13.0 Å². The number of aromatic nitrogens is 2. The first-order chi connectivity index (χ1) is 16.2. The first-order valence-electron chi connectivity index (χ1n) is 10.9. The highest BCUT2D eigenvalue weighted by Crippen LogP contribution is 2.24. The first-order valence-corrected chi connectivity index (χ1v) is 12.7. The molecule has 1 aliphatic heterocycles. The minimum atomic E-state index is -3.18. The highest BCUT2D eigenvalue weighted by Gasteiger charge is 2.25. The molecule has 1 aromatic heterocycles. The van der Waals surface area contributed by atoms with E-state index in [0.29, 0.717) is 50.5 Å². The average Bonchev–Trinajstić information content (AvgIpc) is 3.14. The van der Waals surface area contributed by atoms with Crippen molar-refractivity contribution in [2.75, 3.05) is 37.8 Å². The summed E-state index contributed by atoms with van der Waals surface area (Å²) in [5, 5.41) is 14.0. The van der Waals surface area contributed by atoms with Crippen molar-refractivity contribution in [2.45, 2.75) is 20.0 Å². The summed E-state index contributed by atoms with van der Waals surface area (Å²) >= 11 is 0. The summed E-state index contributed by atoms with van der Waals surface area (Å²) in [6.45, 7) is 5.46. The molecule has 4 rings (SSSR count). The van der Waals surface area contributed by atoms with Crippen molar-refractivity contribution in [3.8, 4) is 0 Å². The fourth-order valence-corrected chi connectivity index (χ4v) is 5.00. The van der Waals surface area contributed by atoms with E-state index in [9.17, 15) is 23.3 Å². The normalized spacial score (nSPS) is 15.5. The highest BCUT2D eigenvalue weighted by atomic mass is 32.2. The highest BCUT2D eigenvalue weighted by molar-refractivity contribution is 7.88. The number of aryl methyl sites for hydroxylation is 1. The van der Waals surface area contributed by atoms with Gasteiger partial charge in [0.2, 0.25) is 10.0 Å². The molecule has 180 valence electrons. The molecule has 0 unspecified atom stereocenters. The number of carbonyl (C=O) groups is 1. The van der Waals surface area contributed by atoms with E-state index in [4.69, 9.17) is 4.98 Å². The third-order valence-electron chi connectivity index (χ3n) is 5.91. The zero-order valence-electron chi connectivity index (χ0n) is 19.0. The van der Waals surface area contributed by atoms with Gasteiger partial charge in [-0.1, -0.05) is 12.1 Å². The largest absolute Gasteiger partial charge is 0.327 e. The maximum absolute atomic E-state index is 12.7. The molecule has 0 atom stereocenters. The first kappa shape index (κ1) is 23.8. The number of hydrogen-bond donors (Lipinski definition) is 1. The summed E-state index contributed by atoms with van der Waals surface area (Å²) in [7, 11) is -3.18. The molecule has 0 aliphatic carbocycles. The van der Waals surface area contributed by atoms with Crippen LogP contribution in [0, 0.1) is 10.1 Å². The van der Waals surface area contributed by atoms with Gasteiger partial charge >= 0.3 is 0 Å². The van der Waals surface area contributed by atoms with Gasteiger partial charge in [0, 0.05) is 44.5 Å². The number of nitro groups is 1. The molecule has 0 radical (unpaired) electrons. The number of fused-ring (bicyclic) bond motifs is 1. The number of carbonyl (C=O) groups excluding carboxylic acids is 1. The predicted molar refractivity (Wildman–Crippen MR) is 128 cm³/mol. The molecule has 34 heavy (non-hydrogen) atoms. The van der Waals surface area contributed by atoms with E-state index < -0.39 is 20.9 Å². The third kappa shape index (κ3) is 4.93.